The van der Waals surface area contributed by atoms with Gasteiger partial charge in [0.05, 0.1) is 20.4 Å². The third-order valence-corrected chi connectivity index (χ3v) is 3.57. The highest BCUT2D eigenvalue weighted by molar-refractivity contribution is 5.94. The maximum Gasteiger partial charge on any atom is 0.387 e. The van der Waals surface area contributed by atoms with Crippen LogP contribution in [0.5, 0.6) is 17.2 Å². The third-order valence-electron chi connectivity index (χ3n) is 3.57. The Balaban J connectivity index is 1.97. The minimum atomic E-state index is -2.96. The molecule has 0 aliphatic carbocycles. The van der Waals surface area contributed by atoms with Crippen LogP contribution in [0.3, 0.4) is 0 Å². The number of oxime groups is 1. The molecule has 0 saturated carbocycles. The number of ether oxygens (including phenoxy) is 3. The summed E-state index contributed by atoms with van der Waals surface area (Å²) in [5.74, 6) is 0.482. The van der Waals surface area contributed by atoms with Crippen LogP contribution >= 0.6 is 0 Å². The zero-order chi connectivity index (χ0) is 20.5. The van der Waals surface area contributed by atoms with Crippen molar-refractivity contribution in [2.24, 2.45) is 5.16 Å². The van der Waals surface area contributed by atoms with Crippen molar-refractivity contribution in [3.63, 3.8) is 0 Å². The number of anilines is 1. The van der Waals surface area contributed by atoms with Crippen LogP contribution in [0.25, 0.3) is 0 Å². The zero-order valence-corrected chi connectivity index (χ0v) is 15.5. The summed E-state index contributed by atoms with van der Waals surface area (Å²) >= 11 is 0. The van der Waals surface area contributed by atoms with Crippen LogP contribution in [0.15, 0.2) is 47.6 Å². The van der Waals surface area contributed by atoms with E-state index in [-0.39, 0.29) is 11.3 Å². The van der Waals surface area contributed by atoms with Crippen molar-refractivity contribution in [1.29, 1.82) is 0 Å². The SMILES string of the molecule is COc1ccc(NC(=O)C(C)O/N=C/c2ccccc2OC(F)F)cc1OC. The second-order valence-electron chi connectivity index (χ2n) is 5.46. The molecule has 7 nitrogen and oxygen atoms in total. The van der Waals surface area contributed by atoms with E-state index in [1.165, 1.54) is 39.5 Å². The fourth-order valence-electron chi connectivity index (χ4n) is 2.17. The van der Waals surface area contributed by atoms with E-state index in [1.54, 1.807) is 30.3 Å². The lowest BCUT2D eigenvalue weighted by molar-refractivity contribution is -0.126. The number of benzene rings is 2. The summed E-state index contributed by atoms with van der Waals surface area (Å²) in [5.41, 5.74) is 0.771. The maximum absolute atomic E-state index is 12.4. The molecule has 0 spiro atoms. The summed E-state index contributed by atoms with van der Waals surface area (Å²) in [5, 5.41) is 6.33. The van der Waals surface area contributed by atoms with Gasteiger partial charge in [0.15, 0.2) is 11.5 Å². The number of nitrogens with one attached hydrogen (secondary N) is 1. The largest absolute Gasteiger partial charge is 0.493 e. The number of halogens is 2. The van der Waals surface area contributed by atoms with Gasteiger partial charge in [-0.3, -0.25) is 4.79 Å². The quantitative estimate of drug-likeness (QED) is 0.519. The maximum atomic E-state index is 12.4. The number of methoxy groups -OCH3 is 2. The van der Waals surface area contributed by atoms with Crippen molar-refractivity contribution >= 4 is 17.8 Å². The molecule has 2 aromatic rings. The lowest BCUT2D eigenvalue weighted by Crippen LogP contribution is -2.26. The van der Waals surface area contributed by atoms with Gasteiger partial charge in [0, 0.05) is 17.3 Å². The van der Waals surface area contributed by atoms with E-state index in [9.17, 15) is 13.6 Å². The normalized spacial score (nSPS) is 11.9. The van der Waals surface area contributed by atoms with Gasteiger partial charge in [0.1, 0.15) is 5.75 Å². The summed E-state index contributed by atoms with van der Waals surface area (Å²) < 4.78 is 39.5. The summed E-state index contributed by atoms with van der Waals surface area (Å²) in [6.07, 6.45) is 0.255. The van der Waals surface area contributed by atoms with Gasteiger partial charge in [-0.15, -0.1) is 0 Å². The third kappa shape index (κ3) is 5.83. The van der Waals surface area contributed by atoms with Crippen LogP contribution in [0.2, 0.25) is 0 Å². The van der Waals surface area contributed by atoms with Crippen LogP contribution < -0.4 is 19.5 Å². The minimum absolute atomic E-state index is 0.0488. The van der Waals surface area contributed by atoms with Gasteiger partial charge in [0.25, 0.3) is 5.91 Å². The van der Waals surface area contributed by atoms with Gasteiger partial charge < -0.3 is 24.4 Å². The van der Waals surface area contributed by atoms with Gasteiger partial charge >= 0.3 is 6.61 Å². The van der Waals surface area contributed by atoms with E-state index in [0.29, 0.717) is 17.2 Å². The lowest BCUT2D eigenvalue weighted by atomic mass is 10.2. The second kappa shape index (κ2) is 10.1. The summed E-state index contributed by atoms with van der Waals surface area (Å²) in [6, 6.07) is 11.0. The van der Waals surface area contributed by atoms with Crippen LogP contribution in [0, 0.1) is 0 Å². The van der Waals surface area contributed by atoms with Gasteiger partial charge in [-0.1, -0.05) is 17.3 Å². The highest BCUT2D eigenvalue weighted by atomic mass is 19.3. The van der Waals surface area contributed by atoms with Gasteiger partial charge in [-0.2, -0.15) is 8.78 Å². The van der Waals surface area contributed by atoms with Crippen molar-refractivity contribution in [3.8, 4) is 17.2 Å². The molecule has 0 fully saturated rings. The average Bonchev–Trinajstić information content (AvgIpc) is 2.68. The van der Waals surface area contributed by atoms with E-state index in [4.69, 9.17) is 14.3 Å². The number of alkyl halides is 2. The summed E-state index contributed by atoms with van der Waals surface area (Å²) in [6.45, 7) is -1.46. The van der Waals surface area contributed by atoms with Crippen molar-refractivity contribution in [3.05, 3.63) is 48.0 Å². The molecule has 2 rings (SSSR count). The monoisotopic (exact) mass is 394 g/mol. The van der Waals surface area contributed by atoms with Crippen molar-refractivity contribution < 1.29 is 32.6 Å². The molecule has 0 aromatic heterocycles. The number of para-hydroxylation sites is 1. The topological polar surface area (TPSA) is 78.4 Å². The van der Waals surface area contributed by atoms with Crippen LogP contribution in [0.1, 0.15) is 12.5 Å². The molecule has 0 aliphatic rings. The van der Waals surface area contributed by atoms with E-state index in [2.05, 4.69) is 15.2 Å². The summed E-state index contributed by atoms with van der Waals surface area (Å²) in [4.78, 5) is 17.3. The Morgan fingerprint density at radius 2 is 1.79 bits per heavy atom. The highest BCUT2D eigenvalue weighted by Crippen LogP contribution is 2.29. The number of hydrogen-bond donors (Lipinski definition) is 1. The molecular formula is C19H20F2N2O5. The predicted octanol–water partition coefficient (Wildman–Crippen LogP) is 3.68. The number of nitrogens with zero attached hydrogens (tertiary/aromatic N) is 1. The zero-order valence-electron chi connectivity index (χ0n) is 15.5. The molecular weight excluding hydrogens is 374 g/mol. The Morgan fingerprint density at radius 1 is 1.07 bits per heavy atom. The van der Waals surface area contributed by atoms with Crippen LogP contribution in [0.4, 0.5) is 14.5 Å². The number of carbonyl (C=O) groups is 1. The molecule has 1 N–H and O–H groups in total. The Bertz CT molecular complexity index is 830. The van der Waals surface area contributed by atoms with Crippen molar-refractivity contribution in [2.75, 3.05) is 19.5 Å². The first-order chi connectivity index (χ1) is 13.4. The fourth-order valence-corrected chi connectivity index (χ4v) is 2.17. The Hall–Kier alpha value is -3.36. The first-order valence-corrected chi connectivity index (χ1v) is 8.20. The van der Waals surface area contributed by atoms with Crippen LogP contribution in [-0.2, 0) is 9.63 Å². The average molecular weight is 394 g/mol. The van der Waals surface area contributed by atoms with Gasteiger partial charge in [-0.05, 0) is 31.2 Å². The summed E-state index contributed by atoms with van der Waals surface area (Å²) in [7, 11) is 2.99. The van der Waals surface area contributed by atoms with Crippen molar-refractivity contribution in [2.45, 2.75) is 19.6 Å². The molecule has 1 unspecified atom stereocenters. The molecule has 1 amide bonds. The van der Waals surface area contributed by atoms with E-state index >= 15 is 0 Å². The van der Waals surface area contributed by atoms with Crippen molar-refractivity contribution in [1.82, 2.24) is 0 Å². The Kier molecular flexibility index (Phi) is 7.55. The van der Waals surface area contributed by atoms with Gasteiger partial charge in [0.2, 0.25) is 6.10 Å². The highest BCUT2D eigenvalue weighted by Gasteiger charge is 2.15. The smallest absolute Gasteiger partial charge is 0.387 e. The molecule has 0 bridgehead atoms. The molecule has 1 atom stereocenters. The first kappa shape index (κ1) is 20.9. The minimum Gasteiger partial charge on any atom is -0.493 e. The van der Waals surface area contributed by atoms with E-state index < -0.39 is 18.6 Å². The number of amides is 1. The molecule has 0 heterocycles. The number of hydrogen-bond acceptors (Lipinski definition) is 6. The molecule has 2 aromatic carbocycles. The number of rotatable bonds is 9. The first-order valence-electron chi connectivity index (χ1n) is 8.20. The molecule has 150 valence electrons. The predicted molar refractivity (Wildman–Crippen MR) is 99.4 cm³/mol. The van der Waals surface area contributed by atoms with Crippen LogP contribution in [-0.4, -0.2) is 39.1 Å². The standard InChI is InChI=1S/C19H20F2N2O5/c1-12(18(24)23-14-8-9-16(25-2)17(10-14)26-3)28-22-11-13-6-4-5-7-15(13)27-19(20)21/h4-12,19H,1-3H3,(H,23,24)/b22-11+. The van der Waals surface area contributed by atoms with Gasteiger partial charge in [-0.25, -0.2) is 0 Å². The molecule has 28 heavy (non-hydrogen) atoms. The molecule has 0 radical (unpaired) electrons. The lowest BCUT2D eigenvalue weighted by Gasteiger charge is -2.13. The van der Waals surface area contributed by atoms with E-state index in [1.807, 2.05) is 0 Å². The van der Waals surface area contributed by atoms with E-state index in [0.717, 1.165) is 0 Å². The molecule has 0 aliphatic heterocycles. The Labute approximate surface area is 160 Å². The Morgan fingerprint density at radius 3 is 2.46 bits per heavy atom. The second-order valence-corrected chi connectivity index (χ2v) is 5.46. The number of carbonyl (C=O) groups excluding carboxylic acids is 1. The fraction of sp³-hybridized carbons (Fsp3) is 0.263. The molecule has 9 heteroatoms. The molecule has 0 saturated heterocycles.